The average molecular weight is 446 g/mol. The number of nitro groups is 1. The maximum Gasteiger partial charge on any atom is 0.418 e. The lowest BCUT2D eigenvalue weighted by molar-refractivity contribution is -0.384. The zero-order valence-corrected chi connectivity index (χ0v) is 16.9. The molecule has 1 unspecified atom stereocenters. The molecule has 8 nitrogen and oxygen atoms in total. The number of nitro benzene ring substituents is 1. The molecule has 0 radical (unpaired) electrons. The zero-order chi connectivity index (χ0) is 23.6. The summed E-state index contributed by atoms with van der Waals surface area (Å²) < 4.78 is 41.2. The number of alkyl halides is 3. The van der Waals surface area contributed by atoms with Crippen LogP contribution in [0, 0.1) is 17.0 Å². The van der Waals surface area contributed by atoms with Gasteiger partial charge in [0.15, 0.2) is 5.69 Å². The molecule has 0 fully saturated rings. The van der Waals surface area contributed by atoms with Gasteiger partial charge in [-0.25, -0.2) is 4.68 Å². The molecule has 3 aromatic rings. The van der Waals surface area contributed by atoms with Crippen LogP contribution in [0.5, 0.6) is 0 Å². The molecule has 0 bridgehead atoms. The molecule has 1 atom stereocenters. The second kappa shape index (κ2) is 8.61. The number of benzene rings is 2. The Hall–Kier alpha value is -4.02. The highest BCUT2D eigenvalue weighted by Crippen LogP contribution is 2.33. The molecule has 1 N–H and O–H groups in total. The number of amides is 1. The number of non-ortho nitro benzene ring substituents is 1. The number of carbonyl (C=O) groups excluding carboxylic acids is 1. The van der Waals surface area contributed by atoms with Crippen LogP contribution in [-0.4, -0.2) is 20.6 Å². The van der Waals surface area contributed by atoms with Gasteiger partial charge in [0.2, 0.25) is 5.43 Å². The maximum atomic E-state index is 13.4. The minimum absolute atomic E-state index is 0.106. The van der Waals surface area contributed by atoms with E-state index in [4.69, 9.17) is 0 Å². The molecule has 3 rings (SSSR count). The first kappa shape index (κ1) is 22.7. The molecule has 11 heteroatoms. The van der Waals surface area contributed by atoms with Crippen LogP contribution in [0.4, 0.5) is 18.9 Å². The Bertz CT molecular complexity index is 1250. The lowest BCUT2D eigenvalue weighted by Crippen LogP contribution is -2.33. The molecule has 1 aromatic heterocycles. The highest BCUT2D eigenvalue weighted by atomic mass is 19.4. The van der Waals surface area contributed by atoms with Crippen molar-refractivity contribution < 1.29 is 22.9 Å². The Kier molecular flexibility index (Phi) is 6.10. The Morgan fingerprint density at radius 1 is 1.16 bits per heavy atom. The molecular weight excluding hydrogens is 429 g/mol. The quantitative estimate of drug-likeness (QED) is 0.472. The lowest BCUT2D eigenvalue weighted by Gasteiger charge is -2.17. The van der Waals surface area contributed by atoms with Crippen molar-refractivity contribution in [3.8, 4) is 5.69 Å². The summed E-state index contributed by atoms with van der Waals surface area (Å²) in [7, 11) is 0. The fourth-order valence-electron chi connectivity index (χ4n) is 3.10. The molecule has 1 heterocycles. The van der Waals surface area contributed by atoms with Gasteiger partial charge in [-0.05, 0) is 31.5 Å². The number of halogens is 3. The number of aromatic nitrogens is 2. The van der Waals surface area contributed by atoms with Crippen LogP contribution in [0.3, 0.4) is 0 Å². The van der Waals surface area contributed by atoms with Gasteiger partial charge in [-0.3, -0.25) is 19.7 Å². The summed E-state index contributed by atoms with van der Waals surface area (Å²) in [4.78, 5) is 35.4. The topological polar surface area (TPSA) is 107 Å². The molecule has 0 saturated carbocycles. The average Bonchev–Trinajstić information content (AvgIpc) is 2.73. The van der Waals surface area contributed by atoms with Gasteiger partial charge in [0.05, 0.1) is 22.2 Å². The third-order valence-electron chi connectivity index (χ3n) is 4.69. The summed E-state index contributed by atoms with van der Waals surface area (Å²) in [5, 5.41) is 17.3. The van der Waals surface area contributed by atoms with E-state index in [1.165, 1.54) is 43.3 Å². The van der Waals surface area contributed by atoms with Crippen LogP contribution in [0.15, 0.2) is 59.4 Å². The number of carbonyl (C=O) groups is 1. The van der Waals surface area contributed by atoms with Gasteiger partial charge in [-0.2, -0.15) is 18.3 Å². The van der Waals surface area contributed by atoms with Crippen molar-refractivity contribution in [2.75, 3.05) is 0 Å². The number of hydrogen-bond donors (Lipinski definition) is 1. The van der Waals surface area contributed by atoms with E-state index in [0.717, 1.165) is 16.8 Å². The minimum Gasteiger partial charge on any atom is -0.344 e. The van der Waals surface area contributed by atoms with Gasteiger partial charge in [0, 0.05) is 23.9 Å². The number of para-hydroxylation sites is 1. The predicted molar refractivity (Wildman–Crippen MR) is 109 cm³/mol. The number of hydrogen-bond acceptors (Lipinski definition) is 5. The van der Waals surface area contributed by atoms with Crippen molar-refractivity contribution >= 4 is 11.6 Å². The van der Waals surface area contributed by atoms with E-state index in [1.807, 2.05) is 0 Å². The van der Waals surface area contributed by atoms with Crippen LogP contribution in [0.1, 0.15) is 40.3 Å². The van der Waals surface area contributed by atoms with E-state index in [-0.39, 0.29) is 17.1 Å². The van der Waals surface area contributed by atoms with Gasteiger partial charge in [-0.15, -0.1) is 0 Å². The highest BCUT2D eigenvalue weighted by Gasteiger charge is 2.34. The molecule has 2 aromatic carbocycles. The monoisotopic (exact) mass is 446 g/mol. The molecule has 166 valence electrons. The fraction of sp³-hybridized carbons (Fsp3) is 0.190. The first-order chi connectivity index (χ1) is 15.0. The number of nitrogens with zero attached hydrogens (tertiary/aromatic N) is 3. The van der Waals surface area contributed by atoms with Crippen molar-refractivity contribution in [1.29, 1.82) is 0 Å². The molecular formula is C21H17F3N4O4. The van der Waals surface area contributed by atoms with E-state index in [1.54, 1.807) is 13.0 Å². The van der Waals surface area contributed by atoms with E-state index in [0.29, 0.717) is 5.56 Å². The third kappa shape index (κ3) is 4.66. The Labute approximate surface area is 179 Å². The summed E-state index contributed by atoms with van der Waals surface area (Å²) in [6.07, 6.45) is -4.67. The van der Waals surface area contributed by atoms with Gasteiger partial charge < -0.3 is 5.32 Å². The van der Waals surface area contributed by atoms with Crippen molar-refractivity contribution in [2.45, 2.75) is 26.1 Å². The van der Waals surface area contributed by atoms with Gasteiger partial charge in [0.25, 0.3) is 11.6 Å². The Balaban J connectivity index is 1.98. The van der Waals surface area contributed by atoms with Crippen molar-refractivity contribution in [3.63, 3.8) is 0 Å². The molecule has 1 amide bonds. The van der Waals surface area contributed by atoms with E-state index in [2.05, 4.69) is 10.4 Å². The first-order valence-corrected chi connectivity index (χ1v) is 9.32. The standard InChI is InChI=1S/C21H17F3N4O4/c1-12-10-18(29)19(26-27(12)17-9-4-3-8-16(17)21(22,23)24)20(30)25-13(2)14-6-5-7-15(11-14)28(31)32/h3-11,13H,1-2H3,(H,25,30). The zero-order valence-electron chi connectivity index (χ0n) is 16.9. The van der Waals surface area contributed by atoms with Gasteiger partial charge >= 0.3 is 6.18 Å². The summed E-state index contributed by atoms with van der Waals surface area (Å²) in [6, 6.07) is 10.5. The second-order valence-corrected chi connectivity index (χ2v) is 6.97. The number of nitrogens with one attached hydrogen (secondary N) is 1. The molecule has 0 spiro atoms. The third-order valence-corrected chi connectivity index (χ3v) is 4.69. The molecule has 32 heavy (non-hydrogen) atoms. The normalized spacial score (nSPS) is 12.3. The van der Waals surface area contributed by atoms with Crippen molar-refractivity contribution in [2.24, 2.45) is 0 Å². The van der Waals surface area contributed by atoms with Crippen LogP contribution in [-0.2, 0) is 6.18 Å². The second-order valence-electron chi connectivity index (χ2n) is 6.97. The minimum atomic E-state index is -4.67. The Morgan fingerprint density at radius 2 is 1.84 bits per heavy atom. The summed E-state index contributed by atoms with van der Waals surface area (Å²) in [6.45, 7) is 2.94. The maximum absolute atomic E-state index is 13.4. The molecule has 0 saturated heterocycles. The van der Waals surface area contributed by atoms with Gasteiger partial charge in [-0.1, -0.05) is 24.3 Å². The van der Waals surface area contributed by atoms with Crippen LogP contribution in [0.25, 0.3) is 5.69 Å². The molecule has 0 aliphatic heterocycles. The fourth-order valence-corrected chi connectivity index (χ4v) is 3.10. The Morgan fingerprint density at radius 3 is 2.50 bits per heavy atom. The van der Waals surface area contributed by atoms with Gasteiger partial charge in [0.1, 0.15) is 0 Å². The predicted octanol–water partition coefficient (Wildman–Crippen LogP) is 3.96. The number of rotatable bonds is 5. The molecule has 0 aliphatic carbocycles. The SMILES string of the molecule is Cc1cc(=O)c(C(=O)NC(C)c2cccc([N+](=O)[O-])c2)nn1-c1ccccc1C(F)(F)F. The molecule has 0 aliphatic rings. The van der Waals surface area contributed by atoms with E-state index >= 15 is 0 Å². The van der Waals surface area contributed by atoms with Crippen LogP contribution in [0.2, 0.25) is 0 Å². The van der Waals surface area contributed by atoms with Crippen LogP contribution < -0.4 is 10.7 Å². The number of aryl methyl sites for hydroxylation is 1. The smallest absolute Gasteiger partial charge is 0.344 e. The highest BCUT2D eigenvalue weighted by molar-refractivity contribution is 5.92. The van der Waals surface area contributed by atoms with Crippen molar-refractivity contribution in [3.05, 3.63) is 97.4 Å². The van der Waals surface area contributed by atoms with E-state index in [9.17, 15) is 32.9 Å². The first-order valence-electron chi connectivity index (χ1n) is 9.32. The lowest BCUT2D eigenvalue weighted by atomic mass is 10.1. The largest absolute Gasteiger partial charge is 0.418 e. The summed E-state index contributed by atoms with van der Waals surface area (Å²) in [5.41, 5.74) is -2.36. The summed E-state index contributed by atoms with van der Waals surface area (Å²) >= 11 is 0. The summed E-state index contributed by atoms with van der Waals surface area (Å²) in [5.74, 6) is -0.924. The van der Waals surface area contributed by atoms with Crippen molar-refractivity contribution in [1.82, 2.24) is 15.1 Å². The van der Waals surface area contributed by atoms with E-state index < -0.39 is 39.7 Å². The van der Waals surface area contributed by atoms with Crippen LogP contribution >= 0.6 is 0 Å².